The molecule has 2 aromatic rings. The minimum atomic E-state index is 1.06. The fourth-order valence-corrected chi connectivity index (χ4v) is 2.26. The number of nitrogens with zero attached hydrogens (tertiary/aromatic N) is 1. The molecule has 0 spiro atoms. The third-order valence-corrected chi connectivity index (χ3v) is 2.89. The molecule has 1 heterocycles. The van der Waals surface area contributed by atoms with Crippen molar-refractivity contribution < 1.29 is 0 Å². The number of pyridine rings is 1. The fourth-order valence-electron chi connectivity index (χ4n) is 2.26. The fraction of sp³-hybridized carbons (Fsp3) is 0.154. The Bertz CT molecular complexity index is 500. The van der Waals surface area contributed by atoms with E-state index >= 15 is 0 Å². The largest absolute Gasteiger partial charge is 0.261 e. The molecule has 1 nitrogen and oxygen atoms in total. The predicted octanol–water partition coefficient (Wildman–Crippen LogP) is 2.96. The maximum absolute atomic E-state index is 4.35. The predicted molar refractivity (Wildman–Crippen MR) is 57.2 cm³/mol. The van der Waals surface area contributed by atoms with E-state index in [1.807, 2.05) is 6.20 Å². The minimum Gasteiger partial charge on any atom is -0.261 e. The van der Waals surface area contributed by atoms with Crippen LogP contribution in [0.25, 0.3) is 11.1 Å². The van der Waals surface area contributed by atoms with Crippen molar-refractivity contribution in [2.75, 3.05) is 0 Å². The summed E-state index contributed by atoms with van der Waals surface area (Å²) in [6.07, 6.45) is 2.97. The van der Waals surface area contributed by atoms with Gasteiger partial charge in [0.05, 0.1) is 0 Å². The summed E-state index contributed by atoms with van der Waals surface area (Å²) < 4.78 is 0. The quantitative estimate of drug-likeness (QED) is 0.519. The van der Waals surface area contributed by atoms with Crippen LogP contribution < -0.4 is 0 Å². The molecule has 68 valence electrons. The summed E-state index contributed by atoms with van der Waals surface area (Å²) in [5.74, 6) is 0. The first-order chi connectivity index (χ1) is 6.86. The molecule has 1 aliphatic carbocycles. The number of aryl methyl sites for hydroxylation is 1. The Morgan fingerprint density at radius 3 is 2.86 bits per heavy atom. The minimum absolute atomic E-state index is 1.06. The van der Waals surface area contributed by atoms with E-state index in [2.05, 4.69) is 42.2 Å². The smallest absolute Gasteiger partial charge is 0.0453 e. The zero-order valence-corrected chi connectivity index (χ0v) is 8.12. The maximum atomic E-state index is 4.35. The van der Waals surface area contributed by atoms with Crippen LogP contribution in [-0.2, 0) is 6.42 Å². The maximum Gasteiger partial charge on any atom is 0.0453 e. The number of hydrogen-bond acceptors (Lipinski definition) is 1. The molecule has 0 atom stereocenters. The second-order valence-corrected chi connectivity index (χ2v) is 3.76. The standard InChI is InChI=1S/C13H11N/c1-9-13-11(6-7-14-9)8-10-4-2-3-5-12(10)13/h2-7H,8H2,1H3. The zero-order valence-electron chi connectivity index (χ0n) is 8.12. The topological polar surface area (TPSA) is 12.9 Å². The van der Waals surface area contributed by atoms with E-state index < -0.39 is 0 Å². The van der Waals surface area contributed by atoms with Gasteiger partial charge in [0, 0.05) is 17.5 Å². The van der Waals surface area contributed by atoms with Crippen LogP contribution in [0, 0.1) is 6.92 Å². The van der Waals surface area contributed by atoms with Crippen molar-refractivity contribution in [3.05, 3.63) is 53.3 Å². The number of benzene rings is 1. The summed E-state index contributed by atoms with van der Waals surface area (Å²) in [5.41, 5.74) is 6.71. The van der Waals surface area contributed by atoms with Crippen LogP contribution in [0.5, 0.6) is 0 Å². The first-order valence-electron chi connectivity index (χ1n) is 4.89. The molecule has 1 heteroatoms. The average molecular weight is 181 g/mol. The van der Waals surface area contributed by atoms with Crippen LogP contribution in [-0.4, -0.2) is 4.98 Å². The van der Waals surface area contributed by atoms with E-state index in [0.29, 0.717) is 0 Å². The first-order valence-corrected chi connectivity index (χ1v) is 4.89. The summed E-state index contributed by atoms with van der Waals surface area (Å²) in [6.45, 7) is 2.08. The Morgan fingerprint density at radius 2 is 1.93 bits per heavy atom. The van der Waals surface area contributed by atoms with E-state index in [-0.39, 0.29) is 0 Å². The van der Waals surface area contributed by atoms with Crippen LogP contribution in [0.1, 0.15) is 16.8 Å². The molecule has 0 amide bonds. The summed E-state index contributed by atoms with van der Waals surface area (Å²) in [6, 6.07) is 10.7. The molecule has 0 radical (unpaired) electrons. The van der Waals surface area contributed by atoms with Crippen LogP contribution >= 0.6 is 0 Å². The Labute approximate surface area is 83.4 Å². The average Bonchev–Trinajstić information content (AvgIpc) is 2.57. The molecule has 1 aliphatic rings. The highest BCUT2D eigenvalue weighted by molar-refractivity contribution is 5.78. The third kappa shape index (κ3) is 0.925. The van der Waals surface area contributed by atoms with E-state index in [9.17, 15) is 0 Å². The second-order valence-electron chi connectivity index (χ2n) is 3.76. The van der Waals surface area contributed by atoms with Crippen molar-refractivity contribution in [1.82, 2.24) is 4.98 Å². The van der Waals surface area contributed by atoms with E-state index in [1.165, 1.54) is 22.3 Å². The van der Waals surface area contributed by atoms with Crippen molar-refractivity contribution in [2.24, 2.45) is 0 Å². The first kappa shape index (κ1) is 7.74. The Morgan fingerprint density at radius 1 is 1.07 bits per heavy atom. The molecular weight excluding hydrogens is 170 g/mol. The normalized spacial score (nSPS) is 12.4. The summed E-state index contributed by atoms with van der Waals surface area (Å²) in [4.78, 5) is 4.35. The van der Waals surface area contributed by atoms with Crippen molar-refractivity contribution in [1.29, 1.82) is 0 Å². The van der Waals surface area contributed by atoms with Crippen molar-refractivity contribution in [3.8, 4) is 11.1 Å². The highest BCUT2D eigenvalue weighted by Crippen LogP contribution is 2.37. The van der Waals surface area contributed by atoms with Crippen LogP contribution in [0.15, 0.2) is 36.5 Å². The molecule has 0 saturated carbocycles. The highest BCUT2D eigenvalue weighted by Gasteiger charge is 2.19. The SMILES string of the molecule is Cc1nccc2c1-c1ccccc1C2. The number of hydrogen-bond donors (Lipinski definition) is 0. The molecule has 0 N–H and O–H groups in total. The van der Waals surface area contributed by atoms with Gasteiger partial charge in [0.25, 0.3) is 0 Å². The zero-order chi connectivity index (χ0) is 9.54. The Kier molecular flexibility index (Phi) is 1.48. The van der Waals surface area contributed by atoms with E-state index in [1.54, 1.807) is 0 Å². The molecule has 14 heavy (non-hydrogen) atoms. The van der Waals surface area contributed by atoms with Gasteiger partial charge in [0.2, 0.25) is 0 Å². The van der Waals surface area contributed by atoms with E-state index in [4.69, 9.17) is 0 Å². The number of fused-ring (bicyclic) bond motifs is 3. The molecule has 1 aromatic heterocycles. The van der Waals surface area contributed by atoms with Gasteiger partial charge < -0.3 is 0 Å². The molecule has 3 rings (SSSR count). The van der Waals surface area contributed by atoms with Gasteiger partial charge >= 0.3 is 0 Å². The number of rotatable bonds is 0. The molecule has 0 aliphatic heterocycles. The lowest BCUT2D eigenvalue weighted by Gasteiger charge is -2.02. The summed E-state index contributed by atoms with van der Waals surface area (Å²) in [5, 5.41) is 0. The second kappa shape index (κ2) is 2.68. The Hall–Kier alpha value is -1.63. The van der Waals surface area contributed by atoms with Gasteiger partial charge in [0.1, 0.15) is 0 Å². The molecule has 0 saturated heterocycles. The van der Waals surface area contributed by atoms with Gasteiger partial charge in [-0.2, -0.15) is 0 Å². The summed E-state index contributed by atoms with van der Waals surface area (Å²) >= 11 is 0. The van der Waals surface area contributed by atoms with Crippen LogP contribution in [0.2, 0.25) is 0 Å². The van der Waals surface area contributed by atoms with Gasteiger partial charge in [-0.25, -0.2) is 0 Å². The monoisotopic (exact) mass is 181 g/mol. The van der Waals surface area contributed by atoms with Gasteiger partial charge in [-0.15, -0.1) is 0 Å². The van der Waals surface area contributed by atoms with Crippen molar-refractivity contribution in [3.63, 3.8) is 0 Å². The lowest BCUT2D eigenvalue weighted by molar-refractivity contribution is 1.17. The Balaban J connectivity index is 2.35. The molecular formula is C13H11N. The molecule has 0 unspecified atom stereocenters. The molecule has 0 bridgehead atoms. The lowest BCUT2D eigenvalue weighted by atomic mass is 10.1. The lowest BCUT2D eigenvalue weighted by Crippen LogP contribution is -1.86. The van der Waals surface area contributed by atoms with Gasteiger partial charge in [-0.3, -0.25) is 4.98 Å². The van der Waals surface area contributed by atoms with Crippen LogP contribution in [0.4, 0.5) is 0 Å². The van der Waals surface area contributed by atoms with Crippen molar-refractivity contribution in [2.45, 2.75) is 13.3 Å². The van der Waals surface area contributed by atoms with Gasteiger partial charge in [-0.05, 0) is 36.1 Å². The number of aromatic nitrogens is 1. The van der Waals surface area contributed by atoms with Gasteiger partial charge in [-0.1, -0.05) is 24.3 Å². The van der Waals surface area contributed by atoms with Crippen molar-refractivity contribution >= 4 is 0 Å². The van der Waals surface area contributed by atoms with Gasteiger partial charge in [0.15, 0.2) is 0 Å². The van der Waals surface area contributed by atoms with Crippen LogP contribution in [0.3, 0.4) is 0 Å². The molecule has 0 fully saturated rings. The van der Waals surface area contributed by atoms with E-state index in [0.717, 1.165) is 12.1 Å². The summed E-state index contributed by atoms with van der Waals surface area (Å²) in [7, 11) is 0. The highest BCUT2D eigenvalue weighted by atomic mass is 14.7. The molecule has 1 aromatic carbocycles. The third-order valence-electron chi connectivity index (χ3n) is 2.89.